The van der Waals surface area contributed by atoms with Gasteiger partial charge >= 0.3 is 5.63 Å². The van der Waals surface area contributed by atoms with Crippen LogP contribution in [0.1, 0.15) is 77.2 Å². The van der Waals surface area contributed by atoms with Gasteiger partial charge in [0.25, 0.3) is 0 Å². The van der Waals surface area contributed by atoms with Crippen LogP contribution in [0.25, 0.3) is 0 Å². The Morgan fingerprint density at radius 1 is 0.705 bits per heavy atom. The Bertz CT molecular complexity index is 1770. The summed E-state index contributed by atoms with van der Waals surface area (Å²) in [5.41, 5.74) is -0.833. The lowest BCUT2D eigenvalue weighted by molar-refractivity contribution is -0.378. The van der Waals surface area contributed by atoms with Crippen molar-refractivity contribution in [3.05, 3.63) is 46.0 Å². The molecule has 61 heavy (non-hydrogen) atoms. The molecule has 11 N–H and O–H groups in total. The van der Waals surface area contributed by atoms with Crippen LogP contribution < -0.4 is 5.63 Å². The van der Waals surface area contributed by atoms with Gasteiger partial charge in [0.15, 0.2) is 18.9 Å². The zero-order valence-electron chi connectivity index (χ0n) is 34.4. The van der Waals surface area contributed by atoms with Gasteiger partial charge in [-0.1, -0.05) is 25.5 Å². The fourth-order valence-electron chi connectivity index (χ4n) is 12.2. The molecule has 0 amide bonds. The summed E-state index contributed by atoms with van der Waals surface area (Å²) in [5.74, 6) is -0.263. The van der Waals surface area contributed by atoms with Crippen LogP contribution in [0, 0.1) is 22.7 Å². The summed E-state index contributed by atoms with van der Waals surface area (Å²) in [6.07, 6.45) is -17.1. The maximum Gasteiger partial charge on any atom is 0.335 e. The molecule has 23 atom stereocenters. The molecule has 0 bridgehead atoms. The third-order valence-corrected chi connectivity index (χ3v) is 15.8. The highest BCUT2D eigenvalue weighted by molar-refractivity contribution is 5.32. The van der Waals surface area contributed by atoms with E-state index in [1.165, 1.54) is 12.3 Å². The van der Waals surface area contributed by atoms with E-state index in [2.05, 4.69) is 6.92 Å². The molecule has 6 fully saturated rings. The van der Waals surface area contributed by atoms with Crippen molar-refractivity contribution >= 4 is 0 Å². The quantitative estimate of drug-likeness (QED) is 0.116. The highest BCUT2D eigenvalue weighted by Crippen LogP contribution is 2.70. The lowest BCUT2D eigenvalue weighted by Gasteiger charge is -2.63. The predicted molar refractivity (Wildman–Crippen MR) is 205 cm³/mol. The van der Waals surface area contributed by atoms with E-state index in [0.717, 1.165) is 11.1 Å². The standard InChI is InChI=1S/C42H62O19/c1-17-35(60-39-34(53)31(50)36(25(15-44)59-39)61-38-32(51)29(48)28(47)24(14-43)58-38)30(49)33(52)37(56-17)57-20-8-10-40(2)19(12-20)5-6-22-23(40)13-26(45)41(3)21(9-11-42(22,41)54)18-4-7-27(46)55-16-18/h4,7,12,16-17,20-26,28-39,43-45,47-54H,5-6,8-11,13-15H2,1-3H3/t17-,20?,21+,22?,23?,24+,25+,26?,28+,29-,30-,31+,32+,33+,34+,35-,36+,37-,38-,39-,40-,41-,42-/m0/s1. The van der Waals surface area contributed by atoms with E-state index in [-0.39, 0.29) is 23.2 Å². The van der Waals surface area contributed by atoms with Crippen LogP contribution >= 0.6 is 0 Å². The van der Waals surface area contributed by atoms with Crippen LogP contribution in [0.3, 0.4) is 0 Å². The first kappa shape index (κ1) is 45.6. The molecule has 19 nitrogen and oxygen atoms in total. The van der Waals surface area contributed by atoms with Crippen molar-refractivity contribution in [3.63, 3.8) is 0 Å². The van der Waals surface area contributed by atoms with E-state index in [1.807, 2.05) is 13.0 Å². The molecule has 19 heteroatoms. The van der Waals surface area contributed by atoms with Crippen molar-refractivity contribution in [1.29, 1.82) is 0 Å². The zero-order chi connectivity index (χ0) is 43.9. The lowest BCUT2D eigenvalue weighted by atomic mass is 9.44. The summed E-state index contributed by atoms with van der Waals surface area (Å²) in [5, 5.41) is 120. The molecule has 1 aromatic rings. The van der Waals surface area contributed by atoms with Crippen molar-refractivity contribution in [3.8, 4) is 0 Å². The number of hydrogen-bond acceptors (Lipinski definition) is 19. The molecule has 3 saturated heterocycles. The Balaban J connectivity index is 0.899. The minimum Gasteiger partial charge on any atom is -0.431 e. The number of rotatable bonds is 9. The van der Waals surface area contributed by atoms with Gasteiger partial charge in [-0.3, -0.25) is 0 Å². The van der Waals surface area contributed by atoms with Gasteiger partial charge in [0.2, 0.25) is 0 Å². The molecule has 0 radical (unpaired) electrons. The van der Waals surface area contributed by atoms with Gasteiger partial charge < -0.3 is 89.0 Å². The highest BCUT2D eigenvalue weighted by atomic mass is 16.8. The second kappa shape index (κ2) is 17.1. The van der Waals surface area contributed by atoms with Crippen LogP contribution in [0.15, 0.2) is 39.3 Å². The molecule has 7 aliphatic rings. The van der Waals surface area contributed by atoms with E-state index >= 15 is 0 Å². The second-order valence-electron chi connectivity index (χ2n) is 18.8. The fourth-order valence-corrected chi connectivity index (χ4v) is 12.2. The average Bonchev–Trinajstić information content (AvgIpc) is 3.53. The van der Waals surface area contributed by atoms with E-state index in [4.69, 9.17) is 32.8 Å². The van der Waals surface area contributed by atoms with Crippen LogP contribution in [-0.2, 0) is 28.4 Å². The molecule has 344 valence electrons. The SMILES string of the molecule is C[C@@H]1O[C@@H](OC2C=C3CCC4C(CC(O)[C@]5(C)[C@@H](c6ccc(=O)oc6)CC[C@]45O)[C@@]3(C)CC2)[C@H](O)[C@H](O)[C@H]1O[C@@H]1O[C@H](CO)[C@@H](O[C@@H]2O[C@H](CO)[C@@H](O)[C@H](O)[C@H]2O)[C@H](O)[C@H]1O. The number of ether oxygens (including phenoxy) is 6. The van der Waals surface area contributed by atoms with Crippen molar-refractivity contribution in [2.45, 2.75) is 182 Å². The Morgan fingerprint density at radius 2 is 1.33 bits per heavy atom. The maximum atomic E-state index is 12.6. The number of hydrogen-bond donors (Lipinski definition) is 11. The second-order valence-corrected chi connectivity index (χ2v) is 18.8. The third kappa shape index (κ3) is 7.48. The topological polar surface area (TPSA) is 308 Å². The fraction of sp³-hybridized carbons (Fsp3) is 0.833. The van der Waals surface area contributed by atoms with E-state index in [1.54, 1.807) is 13.0 Å². The van der Waals surface area contributed by atoms with Gasteiger partial charge in [-0.05, 0) is 86.7 Å². The molecular formula is C42H62O19. The van der Waals surface area contributed by atoms with Gasteiger partial charge in [-0.25, -0.2) is 4.79 Å². The molecule has 4 heterocycles. The van der Waals surface area contributed by atoms with Crippen LogP contribution in [0.4, 0.5) is 0 Å². The number of fused-ring (bicyclic) bond motifs is 5. The minimum absolute atomic E-state index is 0.0128. The molecule has 4 aliphatic carbocycles. The third-order valence-electron chi connectivity index (χ3n) is 15.8. The molecule has 8 rings (SSSR count). The summed E-state index contributed by atoms with van der Waals surface area (Å²) >= 11 is 0. The average molecular weight is 871 g/mol. The van der Waals surface area contributed by atoms with Gasteiger partial charge in [-0.15, -0.1) is 0 Å². The minimum atomic E-state index is -1.87. The van der Waals surface area contributed by atoms with Gasteiger partial charge in [0, 0.05) is 11.5 Å². The smallest absolute Gasteiger partial charge is 0.335 e. The normalized spacial score (nSPS) is 52.5. The molecule has 4 unspecified atom stereocenters. The van der Waals surface area contributed by atoms with Gasteiger partial charge in [0.1, 0.15) is 67.1 Å². The molecule has 0 aromatic carbocycles. The Labute approximate surface area is 352 Å². The predicted octanol–water partition coefficient (Wildman–Crippen LogP) is -2.37. The van der Waals surface area contributed by atoms with Crippen LogP contribution in [-0.4, -0.2) is 179 Å². The zero-order valence-corrected chi connectivity index (χ0v) is 34.4. The van der Waals surface area contributed by atoms with Gasteiger partial charge in [0.05, 0.1) is 43.4 Å². The largest absolute Gasteiger partial charge is 0.431 e. The van der Waals surface area contributed by atoms with E-state index in [9.17, 15) is 61.0 Å². The number of allylic oxidation sites excluding steroid dienone is 1. The molecule has 0 spiro atoms. The van der Waals surface area contributed by atoms with Crippen LogP contribution in [0.2, 0.25) is 0 Å². The maximum absolute atomic E-state index is 12.6. The summed E-state index contributed by atoms with van der Waals surface area (Å²) < 4.78 is 40.1. The summed E-state index contributed by atoms with van der Waals surface area (Å²) in [6, 6.07) is 3.11. The Hall–Kier alpha value is -1.99. The summed E-state index contributed by atoms with van der Waals surface area (Å²) in [4.78, 5) is 11.7. The summed E-state index contributed by atoms with van der Waals surface area (Å²) in [6.45, 7) is 4.18. The first-order valence-electron chi connectivity index (χ1n) is 21.5. The first-order chi connectivity index (χ1) is 28.9. The first-order valence-corrected chi connectivity index (χ1v) is 21.5. The van der Waals surface area contributed by atoms with E-state index in [0.29, 0.717) is 44.9 Å². The Kier molecular flexibility index (Phi) is 12.8. The van der Waals surface area contributed by atoms with E-state index < -0.39 is 134 Å². The molecule has 3 saturated carbocycles. The van der Waals surface area contributed by atoms with Crippen molar-refractivity contribution in [2.24, 2.45) is 22.7 Å². The van der Waals surface area contributed by atoms with Crippen molar-refractivity contribution in [1.82, 2.24) is 0 Å². The summed E-state index contributed by atoms with van der Waals surface area (Å²) in [7, 11) is 0. The number of aliphatic hydroxyl groups excluding tert-OH is 10. The number of aliphatic hydroxyl groups is 11. The van der Waals surface area contributed by atoms with Gasteiger partial charge in [-0.2, -0.15) is 0 Å². The lowest BCUT2D eigenvalue weighted by Crippen LogP contribution is -2.66. The van der Waals surface area contributed by atoms with Crippen LogP contribution in [0.5, 0.6) is 0 Å². The highest BCUT2D eigenvalue weighted by Gasteiger charge is 2.70. The monoisotopic (exact) mass is 870 g/mol. The molecular weight excluding hydrogens is 808 g/mol. The van der Waals surface area contributed by atoms with Crippen molar-refractivity contribution in [2.75, 3.05) is 13.2 Å². The molecule has 1 aromatic heterocycles. The Morgan fingerprint density at radius 3 is 1.98 bits per heavy atom. The van der Waals surface area contributed by atoms with Crippen molar-refractivity contribution < 1.29 is 89.0 Å². The molecule has 3 aliphatic heterocycles.